The first-order valence-electron chi connectivity index (χ1n) is 6.24. The molecule has 1 N–H and O–H groups in total. The molecule has 0 fully saturated rings. The van der Waals surface area contributed by atoms with E-state index in [1.165, 1.54) is 12.1 Å². The average molecular weight is 283 g/mol. The fraction of sp³-hybridized carbons (Fsp3) is 0.0625. The molecular formula is C16H13NO4. The van der Waals surface area contributed by atoms with Gasteiger partial charge >= 0.3 is 5.97 Å². The predicted octanol–water partition coefficient (Wildman–Crippen LogP) is 3.77. The van der Waals surface area contributed by atoms with E-state index < -0.39 is 10.9 Å². The number of nitro groups is 1. The Morgan fingerprint density at radius 1 is 1.14 bits per heavy atom. The molecule has 5 nitrogen and oxygen atoms in total. The molecule has 0 saturated carbocycles. The third-order valence-electron chi connectivity index (χ3n) is 3.01. The Labute approximate surface area is 121 Å². The van der Waals surface area contributed by atoms with Gasteiger partial charge in [0.2, 0.25) is 0 Å². The van der Waals surface area contributed by atoms with Gasteiger partial charge in [0.25, 0.3) is 5.69 Å². The van der Waals surface area contributed by atoms with Gasteiger partial charge in [0.05, 0.1) is 10.5 Å². The number of carboxylic acid groups (broad SMARTS) is 1. The van der Waals surface area contributed by atoms with Crippen molar-refractivity contribution in [1.29, 1.82) is 0 Å². The van der Waals surface area contributed by atoms with Gasteiger partial charge in [-0.3, -0.25) is 10.1 Å². The van der Waals surface area contributed by atoms with E-state index in [2.05, 4.69) is 0 Å². The second-order valence-electron chi connectivity index (χ2n) is 4.58. The summed E-state index contributed by atoms with van der Waals surface area (Å²) in [6.45, 7) is 1.98. The first-order valence-corrected chi connectivity index (χ1v) is 6.24. The van der Waals surface area contributed by atoms with Crippen LogP contribution in [-0.2, 0) is 0 Å². The van der Waals surface area contributed by atoms with Gasteiger partial charge in [0.1, 0.15) is 0 Å². The number of rotatable bonds is 4. The van der Waals surface area contributed by atoms with E-state index in [0.29, 0.717) is 5.56 Å². The Kier molecular flexibility index (Phi) is 4.13. The molecule has 0 atom stereocenters. The number of nitro benzene ring substituents is 1. The number of carbonyl (C=O) groups is 1. The summed E-state index contributed by atoms with van der Waals surface area (Å²) in [6, 6.07) is 11.5. The van der Waals surface area contributed by atoms with Crippen LogP contribution in [0.25, 0.3) is 12.2 Å². The molecule has 0 saturated heterocycles. The first kappa shape index (κ1) is 14.5. The maximum Gasteiger partial charge on any atom is 0.336 e. The minimum Gasteiger partial charge on any atom is -0.478 e. The molecule has 0 spiro atoms. The van der Waals surface area contributed by atoms with Crippen LogP contribution in [0.5, 0.6) is 0 Å². The smallest absolute Gasteiger partial charge is 0.336 e. The van der Waals surface area contributed by atoms with Crippen LogP contribution >= 0.6 is 0 Å². The van der Waals surface area contributed by atoms with Crippen LogP contribution in [0.4, 0.5) is 5.69 Å². The zero-order chi connectivity index (χ0) is 15.4. The zero-order valence-electron chi connectivity index (χ0n) is 11.3. The third-order valence-corrected chi connectivity index (χ3v) is 3.01. The number of non-ortho nitro benzene ring substituents is 1. The topological polar surface area (TPSA) is 80.4 Å². The molecule has 0 aliphatic rings. The van der Waals surface area contributed by atoms with Gasteiger partial charge in [0, 0.05) is 12.1 Å². The number of hydrogen-bond acceptors (Lipinski definition) is 3. The fourth-order valence-electron chi connectivity index (χ4n) is 1.85. The van der Waals surface area contributed by atoms with E-state index in [1.54, 1.807) is 12.2 Å². The molecule has 0 aromatic heterocycles. The molecular weight excluding hydrogens is 270 g/mol. The first-order chi connectivity index (χ1) is 9.97. The van der Waals surface area contributed by atoms with Gasteiger partial charge in [0.15, 0.2) is 0 Å². The zero-order valence-corrected chi connectivity index (χ0v) is 11.3. The third kappa shape index (κ3) is 3.54. The maximum atomic E-state index is 11.2. The summed E-state index contributed by atoms with van der Waals surface area (Å²) in [5.41, 5.74) is 2.16. The van der Waals surface area contributed by atoms with Crippen molar-refractivity contribution in [2.24, 2.45) is 0 Å². The molecule has 21 heavy (non-hydrogen) atoms. The molecule has 106 valence electrons. The van der Waals surface area contributed by atoms with Crippen molar-refractivity contribution < 1.29 is 14.8 Å². The normalized spacial score (nSPS) is 10.7. The molecule has 2 aromatic rings. The van der Waals surface area contributed by atoms with Crippen LogP contribution < -0.4 is 0 Å². The van der Waals surface area contributed by atoms with E-state index in [-0.39, 0.29) is 11.3 Å². The number of benzene rings is 2. The van der Waals surface area contributed by atoms with Gasteiger partial charge in [-0.2, -0.15) is 0 Å². The van der Waals surface area contributed by atoms with Gasteiger partial charge in [-0.1, -0.05) is 42.0 Å². The summed E-state index contributed by atoms with van der Waals surface area (Å²) in [4.78, 5) is 21.3. The maximum absolute atomic E-state index is 11.2. The number of nitrogens with zero attached hydrogens (tertiary/aromatic N) is 1. The monoisotopic (exact) mass is 283 g/mol. The second kappa shape index (κ2) is 6.00. The van der Waals surface area contributed by atoms with Crippen molar-refractivity contribution in [1.82, 2.24) is 0 Å². The highest BCUT2D eigenvalue weighted by Gasteiger charge is 2.14. The summed E-state index contributed by atoms with van der Waals surface area (Å²) in [5.74, 6) is -1.19. The molecule has 2 rings (SSSR count). The Bertz CT molecular complexity index is 718. The van der Waals surface area contributed by atoms with Gasteiger partial charge in [-0.25, -0.2) is 4.79 Å². The van der Waals surface area contributed by atoms with Crippen LogP contribution in [-0.4, -0.2) is 16.0 Å². The lowest BCUT2D eigenvalue weighted by molar-refractivity contribution is -0.384. The van der Waals surface area contributed by atoms with E-state index >= 15 is 0 Å². The molecule has 5 heteroatoms. The van der Waals surface area contributed by atoms with Crippen molar-refractivity contribution in [3.63, 3.8) is 0 Å². The summed E-state index contributed by atoms with van der Waals surface area (Å²) < 4.78 is 0. The highest BCUT2D eigenvalue weighted by atomic mass is 16.6. The van der Waals surface area contributed by atoms with Crippen LogP contribution in [0.2, 0.25) is 0 Å². The standard InChI is InChI=1S/C16H13NO4/c1-11-2-4-12(5-3-11)6-7-13-8-9-14(17(20)21)10-15(13)16(18)19/h2-10H,1H3,(H,18,19)/b7-6+. The van der Waals surface area contributed by atoms with Crippen LogP contribution in [0, 0.1) is 17.0 Å². The van der Waals surface area contributed by atoms with E-state index in [0.717, 1.165) is 17.2 Å². The minimum atomic E-state index is -1.19. The molecule has 0 aliphatic carbocycles. The van der Waals surface area contributed by atoms with Gasteiger partial charge in [-0.15, -0.1) is 0 Å². The lowest BCUT2D eigenvalue weighted by Gasteiger charge is -2.01. The molecule has 0 aliphatic heterocycles. The highest BCUT2D eigenvalue weighted by Crippen LogP contribution is 2.20. The van der Waals surface area contributed by atoms with Crippen LogP contribution in [0.3, 0.4) is 0 Å². The van der Waals surface area contributed by atoms with E-state index in [4.69, 9.17) is 5.11 Å². The number of carboxylic acids is 1. The average Bonchev–Trinajstić information content (AvgIpc) is 2.46. The van der Waals surface area contributed by atoms with Crippen molar-refractivity contribution in [3.8, 4) is 0 Å². The van der Waals surface area contributed by atoms with E-state index in [1.807, 2.05) is 31.2 Å². The molecule has 0 unspecified atom stereocenters. The number of aromatic carboxylic acids is 1. The predicted molar refractivity (Wildman–Crippen MR) is 80.2 cm³/mol. The lowest BCUT2D eigenvalue weighted by Crippen LogP contribution is -2.01. The summed E-state index contributed by atoms with van der Waals surface area (Å²) in [6.07, 6.45) is 3.41. The van der Waals surface area contributed by atoms with Crippen molar-refractivity contribution >= 4 is 23.8 Å². The lowest BCUT2D eigenvalue weighted by atomic mass is 10.0. The Hall–Kier alpha value is -2.95. The molecule has 0 amide bonds. The van der Waals surface area contributed by atoms with Crippen LogP contribution in [0.15, 0.2) is 42.5 Å². The Morgan fingerprint density at radius 2 is 1.81 bits per heavy atom. The van der Waals surface area contributed by atoms with Crippen LogP contribution in [0.1, 0.15) is 27.0 Å². The highest BCUT2D eigenvalue weighted by molar-refractivity contribution is 5.94. The summed E-state index contributed by atoms with van der Waals surface area (Å²) >= 11 is 0. The van der Waals surface area contributed by atoms with Crippen molar-refractivity contribution in [2.45, 2.75) is 6.92 Å². The fourth-order valence-corrected chi connectivity index (χ4v) is 1.85. The SMILES string of the molecule is Cc1ccc(/C=C/c2ccc([N+](=O)[O-])cc2C(=O)O)cc1. The second-order valence-corrected chi connectivity index (χ2v) is 4.58. The Morgan fingerprint density at radius 3 is 2.38 bits per heavy atom. The van der Waals surface area contributed by atoms with Gasteiger partial charge < -0.3 is 5.11 Å². The molecule has 0 heterocycles. The Balaban J connectivity index is 2.37. The van der Waals surface area contributed by atoms with Gasteiger partial charge in [-0.05, 0) is 24.1 Å². The summed E-state index contributed by atoms with van der Waals surface area (Å²) in [7, 11) is 0. The van der Waals surface area contributed by atoms with E-state index in [9.17, 15) is 14.9 Å². The largest absolute Gasteiger partial charge is 0.478 e. The number of hydrogen-bond donors (Lipinski definition) is 1. The molecule has 0 bridgehead atoms. The molecule has 2 aromatic carbocycles. The summed E-state index contributed by atoms with van der Waals surface area (Å²) in [5, 5.41) is 19.8. The number of aryl methyl sites for hydroxylation is 1. The van der Waals surface area contributed by atoms with Crippen molar-refractivity contribution in [2.75, 3.05) is 0 Å². The van der Waals surface area contributed by atoms with Crippen molar-refractivity contribution in [3.05, 3.63) is 74.8 Å². The quantitative estimate of drug-likeness (QED) is 0.526. The minimum absolute atomic E-state index is 0.0902. The molecule has 0 radical (unpaired) electrons.